The number of anilines is 1. The molecule has 23 heavy (non-hydrogen) atoms. The summed E-state index contributed by atoms with van der Waals surface area (Å²) in [5, 5.41) is 11.3. The van der Waals surface area contributed by atoms with Crippen LogP contribution in [-0.4, -0.2) is 44.5 Å². The van der Waals surface area contributed by atoms with Gasteiger partial charge in [-0.25, -0.2) is 13.1 Å². The van der Waals surface area contributed by atoms with Crippen LogP contribution in [0.3, 0.4) is 0 Å². The monoisotopic (exact) mass is 341 g/mol. The number of hydrogen-bond acceptors (Lipinski definition) is 6. The molecule has 1 aliphatic rings. The Morgan fingerprint density at radius 2 is 1.96 bits per heavy atom. The molecular formula is C14H19N3O5S. The molecule has 1 heterocycles. The van der Waals surface area contributed by atoms with Crippen molar-refractivity contribution in [2.75, 3.05) is 24.2 Å². The summed E-state index contributed by atoms with van der Waals surface area (Å²) in [6, 6.07) is 4.29. The molecule has 0 saturated carbocycles. The van der Waals surface area contributed by atoms with Crippen LogP contribution in [0.15, 0.2) is 18.2 Å². The van der Waals surface area contributed by atoms with Crippen LogP contribution in [0.4, 0.5) is 11.4 Å². The molecule has 0 atom stereocenters. The number of nitrogens with zero attached hydrogens (tertiary/aromatic N) is 2. The minimum absolute atomic E-state index is 0.104. The smallest absolute Gasteiger partial charge is 0.293 e. The van der Waals surface area contributed by atoms with Crippen molar-refractivity contribution in [1.29, 1.82) is 0 Å². The van der Waals surface area contributed by atoms with Gasteiger partial charge in [-0.2, -0.15) is 0 Å². The van der Waals surface area contributed by atoms with E-state index in [0.29, 0.717) is 37.2 Å². The number of Topliss-reactive ketones (excluding diaryl/α,β-unsaturated/α-hetero) is 1. The van der Waals surface area contributed by atoms with E-state index in [9.17, 15) is 23.3 Å². The molecule has 1 N–H and O–H groups in total. The van der Waals surface area contributed by atoms with E-state index in [1.54, 1.807) is 12.1 Å². The maximum absolute atomic E-state index is 11.4. The number of nitro benzene ring substituents is 1. The molecule has 0 spiro atoms. The highest BCUT2D eigenvalue weighted by atomic mass is 32.2. The van der Waals surface area contributed by atoms with Gasteiger partial charge >= 0.3 is 0 Å². The maximum Gasteiger partial charge on any atom is 0.293 e. The summed E-state index contributed by atoms with van der Waals surface area (Å²) in [7, 11) is -3.26. The first-order chi connectivity index (χ1) is 10.7. The van der Waals surface area contributed by atoms with E-state index in [-0.39, 0.29) is 17.5 Å². The molecule has 0 aromatic heterocycles. The van der Waals surface area contributed by atoms with Crippen molar-refractivity contribution in [2.45, 2.75) is 25.8 Å². The quantitative estimate of drug-likeness (QED) is 0.491. The number of piperidine rings is 1. The lowest BCUT2D eigenvalue weighted by Crippen LogP contribution is -2.44. The van der Waals surface area contributed by atoms with Crippen LogP contribution in [0.2, 0.25) is 0 Å². The summed E-state index contributed by atoms with van der Waals surface area (Å²) in [4.78, 5) is 24.0. The van der Waals surface area contributed by atoms with Crippen molar-refractivity contribution in [2.24, 2.45) is 0 Å². The third kappa shape index (κ3) is 4.49. The molecule has 9 heteroatoms. The van der Waals surface area contributed by atoms with E-state index in [0.717, 1.165) is 6.26 Å². The zero-order valence-electron chi connectivity index (χ0n) is 13.0. The topological polar surface area (TPSA) is 110 Å². The Morgan fingerprint density at radius 1 is 1.35 bits per heavy atom. The lowest BCUT2D eigenvalue weighted by molar-refractivity contribution is -0.384. The predicted octanol–water partition coefficient (Wildman–Crippen LogP) is 1.32. The van der Waals surface area contributed by atoms with Gasteiger partial charge in [-0.3, -0.25) is 14.9 Å². The molecule has 0 bridgehead atoms. The van der Waals surface area contributed by atoms with Gasteiger partial charge < -0.3 is 4.90 Å². The van der Waals surface area contributed by atoms with Gasteiger partial charge in [-0.05, 0) is 31.9 Å². The van der Waals surface area contributed by atoms with Crippen LogP contribution < -0.4 is 9.62 Å². The van der Waals surface area contributed by atoms with Gasteiger partial charge in [0.1, 0.15) is 5.69 Å². The summed E-state index contributed by atoms with van der Waals surface area (Å²) < 4.78 is 25.1. The highest BCUT2D eigenvalue weighted by molar-refractivity contribution is 7.88. The molecule has 1 saturated heterocycles. The van der Waals surface area contributed by atoms with Crippen LogP contribution in [0, 0.1) is 10.1 Å². The highest BCUT2D eigenvalue weighted by Crippen LogP contribution is 2.31. The molecular weight excluding hydrogens is 322 g/mol. The van der Waals surface area contributed by atoms with E-state index < -0.39 is 14.9 Å². The molecule has 0 unspecified atom stereocenters. The number of ketones is 1. The van der Waals surface area contributed by atoms with Gasteiger partial charge in [0.05, 0.1) is 11.2 Å². The van der Waals surface area contributed by atoms with Crippen molar-refractivity contribution >= 4 is 27.2 Å². The van der Waals surface area contributed by atoms with Crippen LogP contribution in [0.5, 0.6) is 0 Å². The SMILES string of the molecule is CC(=O)c1ccc(N2CCC(NS(C)(=O)=O)CC2)c([N+](=O)[O-])c1. The second-order valence-corrected chi connectivity index (χ2v) is 7.45. The Labute approximate surface area is 134 Å². The Hall–Kier alpha value is -2.00. The second kappa shape index (κ2) is 6.63. The Bertz CT molecular complexity index is 724. The molecule has 8 nitrogen and oxygen atoms in total. The van der Waals surface area contributed by atoms with Crippen LogP contribution in [0.1, 0.15) is 30.1 Å². The molecule has 126 valence electrons. The molecule has 0 aliphatic carbocycles. The third-order valence-electron chi connectivity index (χ3n) is 3.80. The van der Waals surface area contributed by atoms with Crippen molar-refractivity contribution in [3.05, 3.63) is 33.9 Å². The van der Waals surface area contributed by atoms with Crippen molar-refractivity contribution in [1.82, 2.24) is 4.72 Å². The van der Waals surface area contributed by atoms with Gasteiger partial charge in [0.15, 0.2) is 5.78 Å². The maximum atomic E-state index is 11.4. The van der Waals surface area contributed by atoms with Gasteiger partial charge in [-0.1, -0.05) is 0 Å². The van der Waals surface area contributed by atoms with Crippen LogP contribution in [-0.2, 0) is 10.0 Å². The number of carbonyl (C=O) groups excluding carboxylic acids is 1. The fraction of sp³-hybridized carbons (Fsp3) is 0.500. The first-order valence-corrected chi connectivity index (χ1v) is 9.08. The molecule has 1 aromatic rings. The van der Waals surface area contributed by atoms with Gasteiger partial charge in [-0.15, -0.1) is 0 Å². The number of carbonyl (C=O) groups is 1. The highest BCUT2D eigenvalue weighted by Gasteiger charge is 2.26. The Morgan fingerprint density at radius 3 is 2.43 bits per heavy atom. The Kier molecular flexibility index (Phi) is 5.00. The van der Waals surface area contributed by atoms with E-state index in [1.165, 1.54) is 13.0 Å². The average molecular weight is 341 g/mol. The standard InChI is InChI=1S/C14H19N3O5S/c1-10(18)11-3-4-13(14(9-11)17(19)20)16-7-5-12(6-8-16)15-23(2,21)22/h3-4,9,12,15H,5-8H2,1-2H3. The fourth-order valence-corrected chi connectivity index (χ4v) is 3.54. The van der Waals surface area contributed by atoms with E-state index in [2.05, 4.69) is 4.72 Å². The molecule has 0 amide bonds. The summed E-state index contributed by atoms with van der Waals surface area (Å²) >= 11 is 0. The minimum Gasteiger partial charge on any atom is -0.366 e. The minimum atomic E-state index is -3.26. The van der Waals surface area contributed by atoms with Crippen molar-refractivity contribution in [3.8, 4) is 0 Å². The summed E-state index contributed by atoms with van der Waals surface area (Å²) in [6.45, 7) is 2.38. The summed E-state index contributed by atoms with van der Waals surface area (Å²) in [6.07, 6.45) is 2.25. The first kappa shape index (κ1) is 17.4. The lowest BCUT2D eigenvalue weighted by atomic mass is 10.0. The van der Waals surface area contributed by atoms with Gasteiger partial charge in [0.2, 0.25) is 10.0 Å². The summed E-state index contributed by atoms with van der Waals surface area (Å²) in [5.74, 6) is -0.226. The number of hydrogen-bond donors (Lipinski definition) is 1. The molecule has 1 fully saturated rings. The number of rotatable bonds is 5. The van der Waals surface area contributed by atoms with Gasteiger partial charge in [0.25, 0.3) is 5.69 Å². The number of benzene rings is 1. The first-order valence-electron chi connectivity index (χ1n) is 7.19. The molecule has 2 rings (SSSR count). The van der Waals surface area contributed by atoms with E-state index in [4.69, 9.17) is 0 Å². The third-order valence-corrected chi connectivity index (χ3v) is 4.56. The summed E-state index contributed by atoms with van der Waals surface area (Å²) in [5.41, 5.74) is 0.652. The zero-order valence-corrected chi connectivity index (χ0v) is 13.8. The Balaban J connectivity index is 2.17. The molecule has 1 aliphatic heterocycles. The average Bonchev–Trinajstić information content (AvgIpc) is 2.45. The van der Waals surface area contributed by atoms with E-state index >= 15 is 0 Å². The predicted molar refractivity (Wildman–Crippen MR) is 86.3 cm³/mol. The fourth-order valence-electron chi connectivity index (χ4n) is 2.70. The van der Waals surface area contributed by atoms with Crippen molar-refractivity contribution in [3.63, 3.8) is 0 Å². The second-order valence-electron chi connectivity index (χ2n) is 5.67. The van der Waals surface area contributed by atoms with Crippen molar-refractivity contribution < 1.29 is 18.1 Å². The van der Waals surface area contributed by atoms with Crippen LogP contribution >= 0.6 is 0 Å². The largest absolute Gasteiger partial charge is 0.366 e. The van der Waals surface area contributed by atoms with Gasteiger partial charge in [0, 0.05) is 30.8 Å². The number of sulfonamides is 1. The zero-order chi connectivity index (χ0) is 17.2. The normalized spacial score (nSPS) is 16.3. The molecule has 1 aromatic carbocycles. The lowest BCUT2D eigenvalue weighted by Gasteiger charge is -2.33. The molecule has 0 radical (unpaired) electrons. The van der Waals surface area contributed by atoms with E-state index in [1.807, 2.05) is 4.90 Å². The number of nitrogens with one attached hydrogen (secondary N) is 1. The number of nitro groups is 1. The van der Waals surface area contributed by atoms with Crippen LogP contribution in [0.25, 0.3) is 0 Å².